The van der Waals surface area contributed by atoms with Gasteiger partial charge in [-0.15, -0.1) is 11.3 Å². The second-order valence-corrected chi connectivity index (χ2v) is 4.70. The zero-order valence-electron chi connectivity index (χ0n) is 10.7. The highest BCUT2D eigenvalue weighted by Gasteiger charge is 2.09. The molecule has 21 heavy (non-hydrogen) atoms. The van der Waals surface area contributed by atoms with Crippen molar-refractivity contribution >= 4 is 34.3 Å². The van der Waals surface area contributed by atoms with Crippen LogP contribution in [-0.4, -0.2) is 18.5 Å². The number of nitriles is 1. The molecule has 7 heteroatoms. The average molecular weight is 302 g/mol. The van der Waals surface area contributed by atoms with Crippen molar-refractivity contribution in [3.8, 4) is 6.07 Å². The minimum Gasteiger partial charge on any atom is -0.465 e. The van der Waals surface area contributed by atoms with Gasteiger partial charge in [-0.05, 0) is 29.7 Å². The molecule has 2 heterocycles. The Morgan fingerprint density at radius 2 is 2.33 bits per heavy atom. The second-order valence-electron chi connectivity index (χ2n) is 3.78. The van der Waals surface area contributed by atoms with Crippen LogP contribution in [0.25, 0.3) is 6.08 Å². The Kier molecular flexibility index (Phi) is 4.90. The number of hydrogen-bond donors (Lipinski definition) is 1. The molecule has 0 aliphatic heterocycles. The van der Waals surface area contributed by atoms with Gasteiger partial charge in [-0.1, -0.05) is 0 Å². The maximum absolute atomic E-state index is 11.6. The number of rotatable bonds is 5. The molecule has 1 N–H and O–H groups in total. The molecule has 0 saturated carbocycles. The molecule has 0 aliphatic carbocycles. The molecule has 0 atom stereocenters. The molecule has 2 aromatic rings. The Balaban J connectivity index is 1.79. The van der Waals surface area contributed by atoms with Crippen molar-refractivity contribution in [1.82, 2.24) is 0 Å². The first-order chi connectivity index (χ1) is 10.2. The van der Waals surface area contributed by atoms with Crippen molar-refractivity contribution < 1.29 is 18.7 Å². The number of anilines is 1. The van der Waals surface area contributed by atoms with E-state index in [-0.39, 0.29) is 0 Å². The lowest BCUT2D eigenvalue weighted by Crippen LogP contribution is -2.19. The number of thiophene rings is 1. The van der Waals surface area contributed by atoms with Crippen molar-refractivity contribution in [1.29, 1.82) is 5.26 Å². The lowest BCUT2D eigenvalue weighted by atomic mass is 10.3. The number of esters is 1. The Morgan fingerprint density at radius 3 is 3.05 bits per heavy atom. The number of nitrogens with one attached hydrogen (secondary N) is 1. The van der Waals surface area contributed by atoms with Gasteiger partial charge in [-0.2, -0.15) is 5.26 Å². The molecular weight excluding hydrogens is 292 g/mol. The van der Waals surface area contributed by atoms with Gasteiger partial charge < -0.3 is 14.5 Å². The molecule has 0 saturated heterocycles. The van der Waals surface area contributed by atoms with Crippen LogP contribution in [0.5, 0.6) is 0 Å². The summed E-state index contributed by atoms with van der Waals surface area (Å²) in [5.74, 6) is -0.657. The van der Waals surface area contributed by atoms with Crippen LogP contribution in [0.3, 0.4) is 0 Å². The SMILES string of the molecule is N#Cc1ccsc1NC(=O)COC(=O)C=Cc1ccco1. The van der Waals surface area contributed by atoms with Crippen LogP contribution in [-0.2, 0) is 14.3 Å². The van der Waals surface area contributed by atoms with Gasteiger partial charge in [0.05, 0.1) is 11.8 Å². The molecule has 1 amide bonds. The number of carbonyl (C=O) groups is 2. The van der Waals surface area contributed by atoms with E-state index < -0.39 is 18.5 Å². The van der Waals surface area contributed by atoms with Gasteiger partial charge in [0.2, 0.25) is 0 Å². The van der Waals surface area contributed by atoms with Crippen LogP contribution in [0.2, 0.25) is 0 Å². The number of furan rings is 1. The van der Waals surface area contributed by atoms with E-state index in [4.69, 9.17) is 14.4 Å². The summed E-state index contributed by atoms with van der Waals surface area (Å²) in [6.45, 7) is -0.426. The molecule has 2 rings (SSSR count). The third kappa shape index (κ3) is 4.33. The van der Waals surface area contributed by atoms with E-state index >= 15 is 0 Å². The van der Waals surface area contributed by atoms with Crippen LogP contribution in [0.1, 0.15) is 11.3 Å². The van der Waals surface area contributed by atoms with Gasteiger partial charge in [0, 0.05) is 6.08 Å². The summed E-state index contributed by atoms with van der Waals surface area (Å²) in [5.41, 5.74) is 0.373. The van der Waals surface area contributed by atoms with Crippen LogP contribution < -0.4 is 5.32 Å². The Labute approximate surface area is 124 Å². The van der Waals surface area contributed by atoms with Gasteiger partial charge >= 0.3 is 5.97 Å². The Bertz CT molecular complexity index is 695. The topological polar surface area (TPSA) is 92.3 Å². The third-order valence-electron chi connectivity index (χ3n) is 2.31. The highest BCUT2D eigenvalue weighted by molar-refractivity contribution is 7.14. The quantitative estimate of drug-likeness (QED) is 0.676. The summed E-state index contributed by atoms with van der Waals surface area (Å²) in [4.78, 5) is 23.0. The predicted octanol–water partition coefficient (Wildman–Crippen LogP) is 2.41. The summed E-state index contributed by atoms with van der Waals surface area (Å²) in [5, 5.41) is 13.4. The predicted molar refractivity (Wildman–Crippen MR) is 76.4 cm³/mol. The second kappa shape index (κ2) is 7.07. The van der Waals surface area contributed by atoms with Gasteiger partial charge in [-0.25, -0.2) is 4.79 Å². The molecule has 6 nitrogen and oxygen atoms in total. The van der Waals surface area contributed by atoms with Crippen LogP contribution in [0, 0.1) is 11.3 Å². The van der Waals surface area contributed by atoms with Gasteiger partial charge in [0.25, 0.3) is 5.91 Å². The van der Waals surface area contributed by atoms with Crippen molar-refractivity contribution in [2.75, 3.05) is 11.9 Å². The van der Waals surface area contributed by atoms with Crippen LogP contribution in [0.15, 0.2) is 40.3 Å². The van der Waals surface area contributed by atoms with Gasteiger partial charge in [0.15, 0.2) is 6.61 Å². The first-order valence-electron chi connectivity index (χ1n) is 5.85. The summed E-state index contributed by atoms with van der Waals surface area (Å²) < 4.78 is 9.77. The van der Waals surface area contributed by atoms with Crippen molar-refractivity contribution in [2.24, 2.45) is 0 Å². The minimum absolute atomic E-state index is 0.373. The lowest BCUT2D eigenvalue weighted by Gasteiger charge is -2.03. The highest BCUT2D eigenvalue weighted by atomic mass is 32.1. The van der Waals surface area contributed by atoms with E-state index in [0.717, 1.165) is 6.08 Å². The normalized spacial score (nSPS) is 10.2. The maximum Gasteiger partial charge on any atom is 0.331 e. The summed E-state index contributed by atoms with van der Waals surface area (Å²) in [7, 11) is 0. The lowest BCUT2D eigenvalue weighted by molar-refractivity contribution is -0.142. The molecule has 0 aliphatic rings. The molecular formula is C14H10N2O4S. The summed E-state index contributed by atoms with van der Waals surface area (Å²) >= 11 is 1.22. The Hall–Kier alpha value is -2.85. The molecule has 2 aromatic heterocycles. The van der Waals surface area contributed by atoms with Crippen LogP contribution >= 0.6 is 11.3 Å². The highest BCUT2D eigenvalue weighted by Crippen LogP contribution is 2.21. The molecule has 0 bridgehead atoms. The molecule has 0 unspecified atom stereocenters. The molecule has 106 valence electrons. The fourth-order valence-corrected chi connectivity index (χ4v) is 2.13. The van der Waals surface area contributed by atoms with E-state index in [1.165, 1.54) is 23.7 Å². The number of hydrogen-bond acceptors (Lipinski definition) is 6. The van der Waals surface area contributed by atoms with Crippen molar-refractivity contribution in [3.63, 3.8) is 0 Å². The van der Waals surface area contributed by atoms with E-state index in [2.05, 4.69) is 5.32 Å². The fraction of sp³-hybridized carbons (Fsp3) is 0.0714. The van der Waals surface area contributed by atoms with Gasteiger partial charge in [-0.3, -0.25) is 4.79 Å². The summed E-state index contributed by atoms with van der Waals surface area (Å²) in [6.07, 6.45) is 4.08. The van der Waals surface area contributed by atoms with Gasteiger partial charge in [0.1, 0.15) is 16.8 Å². The molecule has 0 aromatic carbocycles. The standard InChI is InChI=1S/C14H10N2O4S/c15-8-10-5-7-21-14(10)16-12(17)9-20-13(18)4-3-11-2-1-6-19-11/h1-7H,9H2,(H,16,17). The van der Waals surface area contributed by atoms with E-state index in [1.54, 1.807) is 23.6 Å². The monoisotopic (exact) mass is 302 g/mol. The smallest absolute Gasteiger partial charge is 0.331 e. The average Bonchev–Trinajstić information content (AvgIpc) is 3.14. The van der Waals surface area contributed by atoms with E-state index in [9.17, 15) is 9.59 Å². The summed E-state index contributed by atoms with van der Waals surface area (Å²) in [6, 6.07) is 6.91. The number of nitrogens with zero attached hydrogens (tertiary/aromatic N) is 1. The first kappa shape index (κ1) is 14.6. The number of amides is 1. The number of ether oxygens (including phenoxy) is 1. The molecule has 0 fully saturated rings. The largest absolute Gasteiger partial charge is 0.465 e. The molecule has 0 radical (unpaired) electrons. The first-order valence-corrected chi connectivity index (χ1v) is 6.73. The number of carbonyl (C=O) groups excluding carboxylic acids is 2. The van der Waals surface area contributed by atoms with E-state index in [0.29, 0.717) is 16.3 Å². The fourth-order valence-electron chi connectivity index (χ4n) is 1.38. The van der Waals surface area contributed by atoms with E-state index in [1.807, 2.05) is 6.07 Å². The minimum atomic E-state index is -0.659. The zero-order chi connectivity index (χ0) is 15.1. The van der Waals surface area contributed by atoms with Crippen LogP contribution in [0.4, 0.5) is 5.00 Å². The Morgan fingerprint density at radius 1 is 1.48 bits per heavy atom. The molecule has 0 spiro atoms. The zero-order valence-corrected chi connectivity index (χ0v) is 11.6. The third-order valence-corrected chi connectivity index (χ3v) is 3.14. The maximum atomic E-state index is 11.6. The van der Waals surface area contributed by atoms with Crippen molar-refractivity contribution in [3.05, 3.63) is 47.2 Å². The van der Waals surface area contributed by atoms with Crippen molar-refractivity contribution in [2.45, 2.75) is 0 Å².